The highest BCUT2D eigenvalue weighted by molar-refractivity contribution is 6.30. The second kappa shape index (κ2) is 5.37. The van der Waals surface area contributed by atoms with Crippen molar-refractivity contribution in [1.29, 1.82) is 0 Å². The van der Waals surface area contributed by atoms with Gasteiger partial charge in [-0.2, -0.15) is 0 Å². The Hall–Kier alpha value is -2.07. The molecular weight excluding hydrogens is 289 g/mol. The summed E-state index contributed by atoms with van der Waals surface area (Å²) in [6.07, 6.45) is 0. The molecule has 0 spiro atoms. The van der Waals surface area contributed by atoms with Crippen molar-refractivity contribution in [3.8, 4) is 0 Å². The van der Waals surface area contributed by atoms with Crippen molar-refractivity contribution in [3.05, 3.63) is 64.4 Å². The Balaban J connectivity index is 2.02. The average molecular weight is 304 g/mol. The third kappa shape index (κ3) is 2.59. The molecule has 1 aliphatic rings. The van der Waals surface area contributed by atoms with Crippen LogP contribution in [0.1, 0.15) is 17.2 Å². The van der Waals surface area contributed by atoms with E-state index < -0.39 is 0 Å². The highest BCUT2D eigenvalue weighted by Crippen LogP contribution is 2.33. The van der Waals surface area contributed by atoms with Crippen LogP contribution in [0.4, 0.5) is 10.1 Å². The zero-order valence-corrected chi connectivity index (χ0v) is 12.3. The number of halogens is 2. The van der Waals surface area contributed by atoms with Crippen LogP contribution in [0.25, 0.3) is 0 Å². The fourth-order valence-corrected chi connectivity index (χ4v) is 2.70. The largest absolute Gasteiger partial charge is 0.369 e. The van der Waals surface area contributed by atoms with Crippen molar-refractivity contribution >= 4 is 23.2 Å². The standard InChI is InChI=1S/C16H15ClFN3/c1-10-2-5-12(6-3-10)21-15(9-20-16(21)19)13-8-11(17)4-7-14(13)18/h2-8,15H,9H2,1H3,(H2,19,20). The molecule has 0 bridgehead atoms. The molecule has 2 N–H and O–H groups in total. The van der Waals surface area contributed by atoms with Crippen LogP contribution in [0.2, 0.25) is 5.02 Å². The number of rotatable bonds is 2. The highest BCUT2D eigenvalue weighted by Gasteiger charge is 2.30. The molecular formula is C16H15ClFN3. The van der Waals surface area contributed by atoms with Gasteiger partial charge in [-0.15, -0.1) is 0 Å². The van der Waals surface area contributed by atoms with Gasteiger partial charge >= 0.3 is 0 Å². The molecule has 1 atom stereocenters. The molecule has 0 saturated heterocycles. The Morgan fingerprint density at radius 3 is 2.67 bits per heavy atom. The van der Waals surface area contributed by atoms with Crippen LogP contribution in [0.3, 0.4) is 0 Å². The second-order valence-electron chi connectivity index (χ2n) is 5.09. The summed E-state index contributed by atoms with van der Waals surface area (Å²) in [6, 6.07) is 12.2. The van der Waals surface area contributed by atoms with Gasteiger partial charge in [0, 0.05) is 16.3 Å². The summed E-state index contributed by atoms with van der Waals surface area (Å²) in [5.41, 5.74) is 8.54. The lowest BCUT2D eigenvalue weighted by Gasteiger charge is -2.27. The van der Waals surface area contributed by atoms with Crippen molar-refractivity contribution in [2.24, 2.45) is 10.7 Å². The second-order valence-corrected chi connectivity index (χ2v) is 5.52. The quantitative estimate of drug-likeness (QED) is 0.920. The van der Waals surface area contributed by atoms with Gasteiger partial charge < -0.3 is 10.6 Å². The molecule has 0 saturated carbocycles. The molecule has 108 valence electrons. The van der Waals surface area contributed by atoms with Crippen molar-refractivity contribution in [3.63, 3.8) is 0 Å². The molecule has 0 aromatic heterocycles. The summed E-state index contributed by atoms with van der Waals surface area (Å²) in [7, 11) is 0. The van der Waals surface area contributed by atoms with E-state index in [1.165, 1.54) is 12.1 Å². The van der Waals surface area contributed by atoms with Crippen molar-refractivity contribution in [1.82, 2.24) is 0 Å². The minimum Gasteiger partial charge on any atom is -0.369 e. The molecule has 3 rings (SSSR count). The number of nitrogens with two attached hydrogens (primary N) is 1. The summed E-state index contributed by atoms with van der Waals surface area (Å²) in [5.74, 6) is 0.0923. The summed E-state index contributed by atoms with van der Waals surface area (Å²) in [6.45, 7) is 2.43. The number of anilines is 1. The van der Waals surface area contributed by atoms with Crippen molar-refractivity contribution in [2.45, 2.75) is 13.0 Å². The first-order valence-corrected chi connectivity index (χ1v) is 7.05. The molecule has 1 unspecified atom stereocenters. The van der Waals surface area contributed by atoms with E-state index in [9.17, 15) is 4.39 Å². The Labute approximate surface area is 127 Å². The van der Waals surface area contributed by atoms with Crippen LogP contribution < -0.4 is 10.6 Å². The molecule has 5 heteroatoms. The SMILES string of the molecule is Cc1ccc(N2C(N)=NCC2c2cc(Cl)ccc2F)cc1. The van der Waals surface area contributed by atoms with Crippen LogP contribution in [-0.2, 0) is 0 Å². The van der Waals surface area contributed by atoms with Gasteiger partial charge in [-0.05, 0) is 37.3 Å². The molecule has 2 aromatic carbocycles. The van der Waals surface area contributed by atoms with E-state index >= 15 is 0 Å². The number of hydrogen-bond donors (Lipinski definition) is 1. The minimum atomic E-state index is -0.300. The lowest BCUT2D eigenvalue weighted by molar-refractivity contribution is 0.589. The maximum absolute atomic E-state index is 14.1. The number of hydrogen-bond acceptors (Lipinski definition) is 3. The molecule has 0 radical (unpaired) electrons. The lowest BCUT2D eigenvalue weighted by Crippen LogP contribution is -2.36. The minimum absolute atomic E-state index is 0.272. The average Bonchev–Trinajstić information content (AvgIpc) is 2.84. The van der Waals surface area contributed by atoms with Crippen molar-refractivity contribution in [2.75, 3.05) is 11.4 Å². The third-order valence-corrected chi connectivity index (χ3v) is 3.85. The van der Waals surface area contributed by atoms with Gasteiger partial charge in [-0.25, -0.2) is 4.39 Å². The van der Waals surface area contributed by atoms with Crippen LogP contribution in [0.5, 0.6) is 0 Å². The number of aryl methyl sites for hydroxylation is 1. The Morgan fingerprint density at radius 1 is 1.24 bits per heavy atom. The normalized spacial score (nSPS) is 18.0. The van der Waals surface area contributed by atoms with E-state index in [2.05, 4.69) is 4.99 Å². The first-order valence-electron chi connectivity index (χ1n) is 6.67. The van der Waals surface area contributed by atoms with Crippen molar-refractivity contribution < 1.29 is 4.39 Å². The van der Waals surface area contributed by atoms with Gasteiger partial charge in [-0.3, -0.25) is 4.99 Å². The third-order valence-electron chi connectivity index (χ3n) is 3.61. The van der Waals surface area contributed by atoms with E-state index in [1.54, 1.807) is 6.07 Å². The summed E-state index contributed by atoms with van der Waals surface area (Å²) < 4.78 is 14.1. The molecule has 1 aliphatic heterocycles. The molecule has 3 nitrogen and oxygen atoms in total. The topological polar surface area (TPSA) is 41.6 Å². The van der Waals surface area contributed by atoms with Gasteiger partial charge in [0.25, 0.3) is 0 Å². The van der Waals surface area contributed by atoms with E-state index in [-0.39, 0.29) is 11.9 Å². The molecule has 21 heavy (non-hydrogen) atoms. The van der Waals surface area contributed by atoms with Gasteiger partial charge in [0.1, 0.15) is 5.82 Å². The number of guanidine groups is 1. The van der Waals surface area contributed by atoms with Crippen LogP contribution in [0.15, 0.2) is 47.5 Å². The van der Waals surface area contributed by atoms with E-state index in [4.69, 9.17) is 17.3 Å². The van der Waals surface area contributed by atoms with Crippen LogP contribution in [0, 0.1) is 12.7 Å². The van der Waals surface area contributed by atoms with Crippen LogP contribution >= 0.6 is 11.6 Å². The Morgan fingerprint density at radius 2 is 1.95 bits per heavy atom. The highest BCUT2D eigenvalue weighted by atomic mass is 35.5. The van der Waals surface area contributed by atoms with Gasteiger partial charge in [0.15, 0.2) is 5.96 Å². The first kappa shape index (κ1) is 13.9. The van der Waals surface area contributed by atoms with Crippen LogP contribution in [-0.4, -0.2) is 12.5 Å². The number of aliphatic imine (C=N–C) groups is 1. The molecule has 0 aliphatic carbocycles. The fourth-order valence-electron chi connectivity index (χ4n) is 2.52. The molecule has 2 aromatic rings. The van der Waals surface area contributed by atoms with Gasteiger partial charge in [0.05, 0.1) is 12.6 Å². The number of nitrogens with zero attached hydrogens (tertiary/aromatic N) is 2. The summed E-state index contributed by atoms with van der Waals surface area (Å²) >= 11 is 5.99. The maximum atomic E-state index is 14.1. The zero-order chi connectivity index (χ0) is 15.0. The Bertz CT molecular complexity index is 697. The maximum Gasteiger partial charge on any atom is 0.196 e. The first-order chi connectivity index (χ1) is 10.1. The van der Waals surface area contributed by atoms with E-state index in [1.807, 2.05) is 36.1 Å². The summed E-state index contributed by atoms with van der Waals surface area (Å²) in [5, 5.41) is 0.501. The van der Waals surface area contributed by atoms with Gasteiger partial charge in [-0.1, -0.05) is 29.3 Å². The zero-order valence-electron chi connectivity index (χ0n) is 11.6. The monoisotopic (exact) mass is 303 g/mol. The predicted octanol–water partition coefficient (Wildman–Crippen LogP) is 3.66. The Kier molecular flexibility index (Phi) is 3.55. The van der Waals surface area contributed by atoms with E-state index in [0.717, 1.165) is 11.3 Å². The van der Waals surface area contributed by atoms with Gasteiger partial charge in [0.2, 0.25) is 0 Å². The fraction of sp³-hybridized carbons (Fsp3) is 0.188. The summed E-state index contributed by atoms with van der Waals surface area (Å²) in [4.78, 5) is 6.10. The number of benzene rings is 2. The van der Waals surface area contributed by atoms with E-state index in [0.29, 0.717) is 23.1 Å². The molecule has 1 heterocycles. The smallest absolute Gasteiger partial charge is 0.196 e. The molecule has 0 amide bonds. The predicted molar refractivity (Wildman–Crippen MR) is 84.3 cm³/mol. The molecule has 0 fully saturated rings. The lowest BCUT2D eigenvalue weighted by atomic mass is 10.0.